The van der Waals surface area contributed by atoms with Crippen LogP contribution in [0.25, 0.3) is 0 Å². The Morgan fingerprint density at radius 3 is 2.83 bits per heavy atom. The van der Waals surface area contributed by atoms with E-state index < -0.39 is 0 Å². The summed E-state index contributed by atoms with van der Waals surface area (Å²) in [5.41, 5.74) is 3.02. The average Bonchev–Trinajstić information content (AvgIpc) is 2.92. The maximum absolute atomic E-state index is 9.92. The maximum atomic E-state index is 9.92. The Bertz CT molecular complexity index is 494. The molecule has 4 heteroatoms. The molecule has 1 unspecified atom stereocenters. The number of rotatable bonds is 5. The number of aromatic nitrogens is 2. The van der Waals surface area contributed by atoms with Gasteiger partial charge in [0.2, 0.25) is 0 Å². The Balaban J connectivity index is 2.11. The SMILES string of the molecule is CCCC(O)c1ccn(Cc2c(C)noc2C)c1. The summed E-state index contributed by atoms with van der Waals surface area (Å²) in [6.45, 7) is 6.68. The number of aliphatic hydroxyl groups excluding tert-OH is 1. The highest BCUT2D eigenvalue weighted by Crippen LogP contribution is 2.20. The molecule has 0 radical (unpaired) electrons. The normalized spacial score (nSPS) is 12.9. The Morgan fingerprint density at radius 1 is 1.44 bits per heavy atom. The van der Waals surface area contributed by atoms with Crippen molar-refractivity contribution in [2.75, 3.05) is 0 Å². The highest BCUT2D eigenvalue weighted by atomic mass is 16.5. The first-order chi connectivity index (χ1) is 8.61. The van der Waals surface area contributed by atoms with Crippen molar-refractivity contribution in [1.82, 2.24) is 9.72 Å². The molecule has 0 aromatic carbocycles. The Morgan fingerprint density at radius 2 is 2.22 bits per heavy atom. The molecule has 0 saturated heterocycles. The molecule has 0 amide bonds. The topological polar surface area (TPSA) is 51.2 Å². The minimum absolute atomic E-state index is 0.360. The van der Waals surface area contributed by atoms with Gasteiger partial charge < -0.3 is 14.2 Å². The fourth-order valence-electron chi connectivity index (χ4n) is 2.11. The molecule has 1 atom stereocenters. The lowest BCUT2D eigenvalue weighted by atomic mass is 10.1. The van der Waals surface area contributed by atoms with E-state index in [2.05, 4.69) is 16.6 Å². The molecule has 0 aliphatic heterocycles. The van der Waals surface area contributed by atoms with Crippen LogP contribution in [0.3, 0.4) is 0 Å². The number of aryl methyl sites for hydroxylation is 2. The van der Waals surface area contributed by atoms with Gasteiger partial charge >= 0.3 is 0 Å². The van der Waals surface area contributed by atoms with Crippen LogP contribution in [0.5, 0.6) is 0 Å². The Labute approximate surface area is 107 Å². The van der Waals surface area contributed by atoms with Crippen LogP contribution in [0.15, 0.2) is 23.0 Å². The van der Waals surface area contributed by atoms with Crippen LogP contribution in [-0.4, -0.2) is 14.8 Å². The molecular weight excluding hydrogens is 228 g/mol. The van der Waals surface area contributed by atoms with Crippen molar-refractivity contribution in [1.29, 1.82) is 0 Å². The fourth-order valence-corrected chi connectivity index (χ4v) is 2.11. The van der Waals surface area contributed by atoms with Gasteiger partial charge in [-0.25, -0.2) is 0 Å². The van der Waals surface area contributed by atoms with E-state index in [0.717, 1.165) is 42.0 Å². The highest BCUT2D eigenvalue weighted by Gasteiger charge is 2.11. The molecule has 0 spiro atoms. The van der Waals surface area contributed by atoms with Crippen molar-refractivity contribution in [3.63, 3.8) is 0 Å². The number of aliphatic hydroxyl groups is 1. The van der Waals surface area contributed by atoms with Gasteiger partial charge in [0.25, 0.3) is 0 Å². The zero-order chi connectivity index (χ0) is 13.1. The lowest BCUT2D eigenvalue weighted by Crippen LogP contribution is -2.00. The molecule has 0 aliphatic carbocycles. The zero-order valence-corrected chi connectivity index (χ0v) is 11.2. The van der Waals surface area contributed by atoms with Crippen LogP contribution in [-0.2, 0) is 6.54 Å². The second kappa shape index (κ2) is 5.40. The summed E-state index contributed by atoms with van der Waals surface area (Å²) in [6, 6.07) is 1.97. The van der Waals surface area contributed by atoms with E-state index in [1.165, 1.54) is 0 Å². The van der Waals surface area contributed by atoms with Crippen LogP contribution >= 0.6 is 0 Å². The van der Waals surface area contributed by atoms with Crippen LogP contribution in [0.2, 0.25) is 0 Å². The second-order valence-corrected chi connectivity index (χ2v) is 4.72. The minimum atomic E-state index is -0.360. The van der Waals surface area contributed by atoms with E-state index in [1.54, 1.807) is 0 Å². The van der Waals surface area contributed by atoms with Crippen molar-refractivity contribution >= 4 is 0 Å². The van der Waals surface area contributed by atoms with Gasteiger partial charge in [-0.2, -0.15) is 0 Å². The third-order valence-corrected chi connectivity index (χ3v) is 3.24. The molecule has 1 N–H and O–H groups in total. The largest absolute Gasteiger partial charge is 0.388 e. The van der Waals surface area contributed by atoms with E-state index in [4.69, 9.17) is 4.52 Å². The summed E-state index contributed by atoms with van der Waals surface area (Å²) >= 11 is 0. The molecule has 0 saturated carbocycles. The van der Waals surface area contributed by atoms with E-state index in [0.29, 0.717) is 0 Å². The smallest absolute Gasteiger partial charge is 0.138 e. The predicted octanol–water partition coefficient (Wildman–Crippen LogP) is 2.97. The molecule has 2 aromatic heterocycles. The standard InChI is InChI=1S/C14H20N2O2/c1-4-5-14(17)12-6-7-16(8-12)9-13-10(2)15-18-11(13)3/h6-8,14,17H,4-5,9H2,1-3H3. The molecule has 0 bridgehead atoms. The van der Waals surface area contributed by atoms with Crippen LogP contribution < -0.4 is 0 Å². The van der Waals surface area contributed by atoms with E-state index >= 15 is 0 Å². The van der Waals surface area contributed by atoms with Crippen molar-refractivity contribution in [3.05, 3.63) is 41.0 Å². The van der Waals surface area contributed by atoms with Crippen molar-refractivity contribution in [3.8, 4) is 0 Å². The first kappa shape index (κ1) is 12.9. The quantitative estimate of drug-likeness (QED) is 0.885. The minimum Gasteiger partial charge on any atom is -0.388 e. The van der Waals surface area contributed by atoms with Gasteiger partial charge in [0.1, 0.15) is 5.76 Å². The lowest BCUT2D eigenvalue weighted by Gasteiger charge is -2.06. The van der Waals surface area contributed by atoms with Gasteiger partial charge in [-0.1, -0.05) is 18.5 Å². The van der Waals surface area contributed by atoms with Gasteiger partial charge in [0, 0.05) is 18.0 Å². The summed E-state index contributed by atoms with van der Waals surface area (Å²) in [7, 11) is 0. The third-order valence-electron chi connectivity index (χ3n) is 3.24. The monoisotopic (exact) mass is 248 g/mol. The van der Waals surface area contributed by atoms with E-state index in [-0.39, 0.29) is 6.10 Å². The Kier molecular flexibility index (Phi) is 3.87. The average molecular weight is 248 g/mol. The van der Waals surface area contributed by atoms with Gasteiger partial charge in [0.15, 0.2) is 0 Å². The van der Waals surface area contributed by atoms with Gasteiger partial charge in [0.05, 0.1) is 18.3 Å². The molecule has 18 heavy (non-hydrogen) atoms. The van der Waals surface area contributed by atoms with Crippen molar-refractivity contribution < 1.29 is 9.63 Å². The van der Waals surface area contributed by atoms with E-state index in [9.17, 15) is 5.11 Å². The molecule has 2 rings (SSSR count). The molecule has 0 fully saturated rings. The summed E-state index contributed by atoms with van der Waals surface area (Å²) < 4.78 is 7.20. The third kappa shape index (κ3) is 2.64. The maximum Gasteiger partial charge on any atom is 0.138 e. The number of hydrogen-bond donors (Lipinski definition) is 1. The molecular formula is C14H20N2O2. The summed E-state index contributed by atoms with van der Waals surface area (Å²) in [5.74, 6) is 0.858. The van der Waals surface area contributed by atoms with Crippen LogP contribution in [0, 0.1) is 13.8 Å². The van der Waals surface area contributed by atoms with Crippen LogP contribution in [0.1, 0.15) is 48.5 Å². The van der Waals surface area contributed by atoms with Gasteiger partial charge in [-0.05, 0) is 31.9 Å². The first-order valence-corrected chi connectivity index (χ1v) is 6.37. The Hall–Kier alpha value is -1.55. The molecule has 98 valence electrons. The first-order valence-electron chi connectivity index (χ1n) is 6.37. The summed E-state index contributed by atoms with van der Waals surface area (Å²) in [6.07, 6.45) is 5.40. The number of nitrogens with zero attached hydrogens (tertiary/aromatic N) is 2. The lowest BCUT2D eigenvalue weighted by molar-refractivity contribution is 0.166. The second-order valence-electron chi connectivity index (χ2n) is 4.72. The molecule has 2 aromatic rings. The van der Waals surface area contributed by atoms with Crippen LogP contribution in [0.4, 0.5) is 0 Å². The van der Waals surface area contributed by atoms with E-state index in [1.807, 2.05) is 32.3 Å². The highest BCUT2D eigenvalue weighted by molar-refractivity contribution is 5.22. The van der Waals surface area contributed by atoms with Crippen molar-refractivity contribution in [2.24, 2.45) is 0 Å². The van der Waals surface area contributed by atoms with Crippen molar-refractivity contribution in [2.45, 2.75) is 46.3 Å². The molecule has 0 aliphatic rings. The fraction of sp³-hybridized carbons (Fsp3) is 0.500. The summed E-state index contributed by atoms with van der Waals surface area (Å²) in [4.78, 5) is 0. The van der Waals surface area contributed by atoms with Gasteiger partial charge in [-0.3, -0.25) is 0 Å². The molecule has 2 heterocycles. The number of hydrogen-bond acceptors (Lipinski definition) is 3. The summed E-state index contributed by atoms with van der Waals surface area (Å²) in [5, 5.41) is 13.9. The molecule has 4 nitrogen and oxygen atoms in total. The predicted molar refractivity (Wildman–Crippen MR) is 69.4 cm³/mol. The zero-order valence-electron chi connectivity index (χ0n) is 11.2. The van der Waals surface area contributed by atoms with Gasteiger partial charge in [-0.15, -0.1) is 0 Å².